The molecule has 4 heterocycles. The van der Waals surface area contributed by atoms with Crippen molar-refractivity contribution in [3.05, 3.63) is 65.5 Å². The lowest BCUT2D eigenvalue weighted by Crippen LogP contribution is -2.45. The Bertz CT molecular complexity index is 814. The maximum absolute atomic E-state index is 12.9. The molecule has 24 heavy (non-hydrogen) atoms. The van der Waals surface area contributed by atoms with Gasteiger partial charge in [-0.15, -0.1) is 0 Å². The number of furan rings is 1. The lowest BCUT2D eigenvalue weighted by Gasteiger charge is -2.29. The molecule has 2 aliphatic rings. The molecule has 7 nitrogen and oxygen atoms in total. The third-order valence-corrected chi connectivity index (χ3v) is 4.34. The quantitative estimate of drug-likeness (QED) is 0.931. The first-order valence-electron chi connectivity index (χ1n) is 7.65. The molecule has 0 aliphatic carbocycles. The molecule has 0 fully saturated rings. The predicted octanol–water partition coefficient (Wildman–Crippen LogP) is 1.67. The number of aromatic nitrogens is 1. The molecule has 0 saturated heterocycles. The molecule has 0 bridgehead atoms. The molecule has 1 N–H and O–H groups in total. The van der Waals surface area contributed by atoms with E-state index in [-0.39, 0.29) is 11.9 Å². The van der Waals surface area contributed by atoms with Crippen LogP contribution in [0.2, 0.25) is 0 Å². The van der Waals surface area contributed by atoms with E-state index in [1.807, 2.05) is 18.2 Å². The van der Waals surface area contributed by atoms with Crippen LogP contribution < -0.4 is 5.32 Å². The lowest BCUT2D eigenvalue weighted by atomic mass is 10.0. The summed E-state index contributed by atoms with van der Waals surface area (Å²) in [5.74, 6) is 0.445. The van der Waals surface area contributed by atoms with E-state index in [1.165, 1.54) is 11.2 Å². The van der Waals surface area contributed by atoms with Crippen molar-refractivity contribution in [3.8, 4) is 0 Å². The molecule has 1 unspecified atom stereocenters. The summed E-state index contributed by atoms with van der Waals surface area (Å²) in [5, 5.41) is 2.83. The highest BCUT2D eigenvalue weighted by Gasteiger charge is 2.43. The maximum Gasteiger partial charge on any atom is 0.322 e. The van der Waals surface area contributed by atoms with E-state index in [4.69, 9.17) is 4.42 Å². The zero-order chi connectivity index (χ0) is 16.7. The molecule has 0 aromatic carbocycles. The average molecular weight is 324 g/mol. The molecule has 0 radical (unpaired) electrons. The van der Waals surface area contributed by atoms with Crippen LogP contribution in [0.15, 0.2) is 58.5 Å². The first-order chi connectivity index (χ1) is 11.6. The predicted molar refractivity (Wildman–Crippen MR) is 84.4 cm³/mol. The van der Waals surface area contributed by atoms with Crippen LogP contribution in [0.5, 0.6) is 0 Å². The van der Waals surface area contributed by atoms with Gasteiger partial charge in [-0.2, -0.15) is 0 Å². The van der Waals surface area contributed by atoms with Gasteiger partial charge in [0, 0.05) is 13.2 Å². The van der Waals surface area contributed by atoms with E-state index < -0.39 is 6.04 Å². The molecule has 2 aliphatic heterocycles. The summed E-state index contributed by atoms with van der Waals surface area (Å²) in [4.78, 5) is 32.6. The van der Waals surface area contributed by atoms with E-state index in [2.05, 4.69) is 10.3 Å². The number of amides is 3. The van der Waals surface area contributed by atoms with Crippen LogP contribution in [0.1, 0.15) is 17.5 Å². The minimum Gasteiger partial charge on any atom is -0.467 e. The first kappa shape index (κ1) is 14.5. The van der Waals surface area contributed by atoms with E-state index in [0.29, 0.717) is 30.1 Å². The second-order valence-electron chi connectivity index (χ2n) is 5.80. The Labute approximate surface area is 138 Å². The Morgan fingerprint density at radius 2 is 2.17 bits per heavy atom. The molecule has 4 rings (SSSR count). The van der Waals surface area contributed by atoms with Gasteiger partial charge in [0.05, 0.1) is 36.3 Å². The molecular weight excluding hydrogens is 308 g/mol. The zero-order valence-electron chi connectivity index (χ0n) is 13.1. The van der Waals surface area contributed by atoms with Crippen LogP contribution in [0.25, 0.3) is 0 Å². The van der Waals surface area contributed by atoms with Crippen molar-refractivity contribution in [2.45, 2.75) is 12.6 Å². The second-order valence-corrected chi connectivity index (χ2v) is 5.80. The Hall–Kier alpha value is -3.09. The van der Waals surface area contributed by atoms with Crippen LogP contribution in [0.3, 0.4) is 0 Å². The number of hydrogen-bond acceptors (Lipinski definition) is 4. The number of rotatable bonds is 3. The number of carbonyl (C=O) groups is 2. The van der Waals surface area contributed by atoms with Gasteiger partial charge >= 0.3 is 6.03 Å². The standard InChI is InChI=1S/C17H16N4O3/c1-20-12-10-21(9-11-5-2-3-7-18-11)16(22)14(12)15(19-17(20)23)13-6-4-8-24-13/h2-8,15H,9-10H2,1H3,(H,19,23). The fourth-order valence-corrected chi connectivity index (χ4v) is 3.11. The molecule has 2 aromatic heterocycles. The Morgan fingerprint density at radius 3 is 2.88 bits per heavy atom. The van der Waals surface area contributed by atoms with Gasteiger partial charge in [-0.1, -0.05) is 6.07 Å². The molecule has 7 heteroatoms. The SMILES string of the molecule is CN1C(=O)NC(c2ccco2)C2=C1CN(Cc1ccccn1)C2=O. The van der Waals surface area contributed by atoms with E-state index in [1.54, 1.807) is 30.3 Å². The third-order valence-electron chi connectivity index (χ3n) is 4.34. The van der Waals surface area contributed by atoms with Crippen molar-refractivity contribution < 1.29 is 14.0 Å². The third kappa shape index (κ3) is 2.25. The van der Waals surface area contributed by atoms with Crippen molar-refractivity contribution in [1.82, 2.24) is 20.1 Å². The molecule has 0 saturated carbocycles. The fraction of sp³-hybridized carbons (Fsp3) is 0.235. The fourth-order valence-electron chi connectivity index (χ4n) is 3.11. The van der Waals surface area contributed by atoms with E-state index in [0.717, 1.165) is 5.69 Å². The van der Waals surface area contributed by atoms with Gasteiger partial charge in [0.1, 0.15) is 11.8 Å². The number of hydrogen-bond donors (Lipinski definition) is 1. The van der Waals surface area contributed by atoms with Crippen molar-refractivity contribution >= 4 is 11.9 Å². The first-order valence-corrected chi connectivity index (χ1v) is 7.65. The van der Waals surface area contributed by atoms with Crippen molar-refractivity contribution in [3.63, 3.8) is 0 Å². The van der Waals surface area contributed by atoms with Gasteiger partial charge in [0.15, 0.2) is 0 Å². The normalized spacial score (nSPS) is 20.5. The Kier molecular flexibility index (Phi) is 3.34. The van der Waals surface area contributed by atoms with E-state index >= 15 is 0 Å². The Balaban J connectivity index is 1.67. The van der Waals surface area contributed by atoms with Gasteiger partial charge in [-0.3, -0.25) is 14.7 Å². The average Bonchev–Trinajstić information content (AvgIpc) is 3.22. The van der Waals surface area contributed by atoms with Gasteiger partial charge in [-0.25, -0.2) is 4.79 Å². The smallest absolute Gasteiger partial charge is 0.322 e. The van der Waals surface area contributed by atoms with Crippen LogP contribution in [-0.2, 0) is 11.3 Å². The number of carbonyl (C=O) groups excluding carboxylic acids is 2. The van der Waals surface area contributed by atoms with Crippen molar-refractivity contribution in [2.75, 3.05) is 13.6 Å². The maximum atomic E-state index is 12.9. The second kappa shape index (κ2) is 5.52. The summed E-state index contributed by atoms with van der Waals surface area (Å²) in [6.07, 6.45) is 3.23. The molecule has 3 amide bonds. The van der Waals surface area contributed by atoms with Crippen molar-refractivity contribution in [2.24, 2.45) is 0 Å². The van der Waals surface area contributed by atoms with Gasteiger partial charge in [-0.05, 0) is 24.3 Å². The molecule has 1 atom stereocenters. The van der Waals surface area contributed by atoms with Crippen molar-refractivity contribution in [1.29, 1.82) is 0 Å². The van der Waals surface area contributed by atoms with Crippen LogP contribution in [0, 0.1) is 0 Å². The largest absolute Gasteiger partial charge is 0.467 e. The highest BCUT2D eigenvalue weighted by Crippen LogP contribution is 2.36. The summed E-state index contributed by atoms with van der Waals surface area (Å²) in [7, 11) is 1.67. The number of urea groups is 1. The number of pyridine rings is 1. The number of nitrogens with one attached hydrogen (secondary N) is 1. The number of nitrogens with zero attached hydrogens (tertiary/aromatic N) is 3. The highest BCUT2D eigenvalue weighted by molar-refractivity contribution is 6.01. The topological polar surface area (TPSA) is 78.7 Å². The Morgan fingerprint density at radius 1 is 1.29 bits per heavy atom. The summed E-state index contributed by atoms with van der Waals surface area (Å²) >= 11 is 0. The van der Waals surface area contributed by atoms with Gasteiger partial charge in [0.25, 0.3) is 5.91 Å². The molecular formula is C17H16N4O3. The summed E-state index contributed by atoms with van der Waals surface area (Å²) in [6, 6.07) is 8.30. The molecule has 122 valence electrons. The molecule has 2 aromatic rings. The van der Waals surface area contributed by atoms with Crippen LogP contribution in [-0.4, -0.2) is 40.3 Å². The van der Waals surface area contributed by atoms with Crippen LogP contribution >= 0.6 is 0 Å². The lowest BCUT2D eigenvalue weighted by molar-refractivity contribution is -0.126. The van der Waals surface area contributed by atoms with Gasteiger partial charge < -0.3 is 14.6 Å². The summed E-state index contributed by atoms with van der Waals surface area (Å²) < 4.78 is 5.42. The monoisotopic (exact) mass is 324 g/mol. The zero-order valence-corrected chi connectivity index (χ0v) is 13.1. The summed E-state index contributed by atoms with van der Waals surface area (Å²) in [6.45, 7) is 0.783. The van der Waals surface area contributed by atoms with Gasteiger partial charge in [0.2, 0.25) is 0 Å². The van der Waals surface area contributed by atoms with Crippen LogP contribution in [0.4, 0.5) is 4.79 Å². The minimum absolute atomic E-state index is 0.107. The minimum atomic E-state index is -0.556. The number of likely N-dealkylation sites (N-methyl/N-ethyl adjacent to an activating group) is 1. The highest BCUT2D eigenvalue weighted by atomic mass is 16.3. The molecule has 0 spiro atoms. The van der Waals surface area contributed by atoms with E-state index in [9.17, 15) is 9.59 Å². The summed E-state index contributed by atoms with van der Waals surface area (Å²) in [5.41, 5.74) is 2.08.